The Bertz CT molecular complexity index is 708. The summed E-state index contributed by atoms with van der Waals surface area (Å²) in [6.45, 7) is 9.34. The molecule has 0 aliphatic carbocycles. The van der Waals surface area contributed by atoms with Crippen molar-refractivity contribution in [3.8, 4) is 0 Å². The van der Waals surface area contributed by atoms with Crippen LogP contribution in [0.25, 0.3) is 0 Å². The molecule has 4 nitrogen and oxygen atoms in total. The molecule has 5 heteroatoms. The summed E-state index contributed by atoms with van der Waals surface area (Å²) in [4.78, 5) is 9.44. The van der Waals surface area contributed by atoms with E-state index in [1.807, 2.05) is 18.4 Å². The minimum atomic E-state index is 0.337. The molecule has 2 aromatic rings. The van der Waals surface area contributed by atoms with Crippen LogP contribution in [0.15, 0.2) is 41.4 Å². The molecule has 2 N–H and O–H groups in total. The highest BCUT2D eigenvalue weighted by Gasteiger charge is 2.08. The zero-order valence-corrected chi connectivity index (χ0v) is 17.5. The van der Waals surface area contributed by atoms with E-state index in [2.05, 4.69) is 84.7 Å². The molecule has 0 saturated carbocycles. The normalized spacial score (nSPS) is 13.1. The SMILES string of the molecule is CCN(C)Cc1cccc(CNC(=NC)NC(C)Cc2ccc(C)s2)c1. The average molecular weight is 373 g/mol. The van der Waals surface area contributed by atoms with Gasteiger partial charge in [-0.3, -0.25) is 4.99 Å². The Hall–Kier alpha value is -1.85. The molecule has 0 amide bonds. The second-order valence-corrected chi connectivity index (χ2v) is 8.21. The first-order valence-electron chi connectivity index (χ1n) is 9.29. The molecular formula is C21H32N4S. The highest BCUT2D eigenvalue weighted by Crippen LogP contribution is 2.16. The van der Waals surface area contributed by atoms with Gasteiger partial charge in [0.05, 0.1) is 0 Å². The predicted molar refractivity (Wildman–Crippen MR) is 114 cm³/mol. The van der Waals surface area contributed by atoms with Gasteiger partial charge in [0.15, 0.2) is 5.96 Å². The summed E-state index contributed by atoms with van der Waals surface area (Å²) in [5.74, 6) is 0.849. The number of aliphatic imine (C=N–C) groups is 1. The molecule has 1 aromatic carbocycles. The maximum absolute atomic E-state index is 4.36. The fourth-order valence-corrected chi connectivity index (χ4v) is 3.84. The molecule has 1 atom stereocenters. The fraction of sp³-hybridized carbons (Fsp3) is 0.476. The Labute approximate surface area is 162 Å². The van der Waals surface area contributed by atoms with E-state index < -0.39 is 0 Å². The smallest absolute Gasteiger partial charge is 0.191 e. The van der Waals surface area contributed by atoms with Gasteiger partial charge < -0.3 is 15.5 Å². The molecule has 0 aliphatic rings. The first-order chi connectivity index (χ1) is 12.5. The second kappa shape index (κ2) is 10.3. The Morgan fingerprint density at radius 1 is 1.23 bits per heavy atom. The third kappa shape index (κ3) is 6.81. The molecule has 26 heavy (non-hydrogen) atoms. The minimum absolute atomic E-state index is 0.337. The van der Waals surface area contributed by atoms with E-state index in [1.54, 1.807) is 0 Å². The summed E-state index contributed by atoms with van der Waals surface area (Å²) in [6, 6.07) is 13.5. The van der Waals surface area contributed by atoms with Crippen LogP contribution in [0.5, 0.6) is 0 Å². The number of thiophene rings is 1. The number of hydrogen-bond acceptors (Lipinski definition) is 3. The molecule has 0 spiro atoms. The molecule has 0 radical (unpaired) electrons. The first kappa shape index (κ1) is 20.5. The summed E-state index contributed by atoms with van der Waals surface area (Å²) in [6.07, 6.45) is 1.01. The van der Waals surface area contributed by atoms with Gasteiger partial charge in [0.2, 0.25) is 0 Å². The van der Waals surface area contributed by atoms with Crippen molar-refractivity contribution in [2.75, 3.05) is 20.6 Å². The van der Waals surface area contributed by atoms with Gasteiger partial charge in [-0.2, -0.15) is 0 Å². The maximum Gasteiger partial charge on any atom is 0.191 e. The van der Waals surface area contributed by atoms with E-state index in [0.29, 0.717) is 6.04 Å². The third-order valence-electron chi connectivity index (χ3n) is 4.35. The number of rotatable bonds is 8. The van der Waals surface area contributed by atoms with Gasteiger partial charge in [-0.1, -0.05) is 31.2 Å². The average Bonchev–Trinajstić information content (AvgIpc) is 3.03. The summed E-state index contributed by atoms with van der Waals surface area (Å²) in [7, 11) is 3.97. The van der Waals surface area contributed by atoms with Gasteiger partial charge in [-0.05, 0) is 50.7 Å². The summed E-state index contributed by atoms with van der Waals surface area (Å²) in [5, 5.41) is 6.92. The summed E-state index contributed by atoms with van der Waals surface area (Å²) >= 11 is 1.86. The number of hydrogen-bond donors (Lipinski definition) is 2. The predicted octanol–water partition coefficient (Wildman–Crippen LogP) is 3.80. The van der Waals surface area contributed by atoms with Crippen LogP contribution < -0.4 is 10.6 Å². The van der Waals surface area contributed by atoms with Gasteiger partial charge in [-0.15, -0.1) is 11.3 Å². The van der Waals surface area contributed by atoms with Gasteiger partial charge in [0, 0.05) is 42.4 Å². The molecule has 142 valence electrons. The lowest BCUT2D eigenvalue weighted by Gasteiger charge is -2.18. The van der Waals surface area contributed by atoms with E-state index in [1.165, 1.54) is 20.9 Å². The van der Waals surface area contributed by atoms with Crippen LogP contribution in [0.2, 0.25) is 0 Å². The molecule has 1 heterocycles. The fourth-order valence-electron chi connectivity index (χ4n) is 2.82. The van der Waals surface area contributed by atoms with Crippen molar-refractivity contribution in [1.82, 2.24) is 15.5 Å². The van der Waals surface area contributed by atoms with Crippen LogP contribution in [0.1, 0.15) is 34.7 Å². The van der Waals surface area contributed by atoms with E-state index in [-0.39, 0.29) is 0 Å². The molecule has 0 fully saturated rings. The lowest BCUT2D eigenvalue weighted by Crippen LogP contribution is -2.42. The number of nitrogens with zero attached hydrogens (tertiary/aromatic N) is 2. The molecule has 0 aliphatic heterocycles. The van der Waals surface area contributed by atoms with Crippen LogP contribution in [-0.4, -0.2) is 37.5 Å². The number of aryl methyl sites for hydroxylation is 1. The van der Waals surface area contributed by atoms with E-state index in [9.17, 15) is 0 Å². The van der Waals surface area contributed by atoms with Crippen molar-refractivity contribution in [2.45, 2.75) is 46.3 Å². The first-order valence-corrected chi connectivity index (χ1v) is 10.1. The van der Waals surface area contributed by atoms with Crippen molar-refractivity contribution in [3.05, 3.63) is 57.3 Å². The van der Waals surface area contributed by atoms with Crippen LogP contribution >= 0.6 is 11.3 Å². The minimum Gasteiger partial charge on any atom is -0.354 e. The van der Waals surface area contributed by atoms with E-state index in [0.717, 1.165) is 32.0 Å². The van der Waals surface area contributed by atoms with Crippen molar-refractivity contribution < 1.29 is 0 Å². The van der Waals surface area contributed by atoms with Crippen molar-refractivity contribution in [1.29, 1.82) is 0 Å². The van der Waals surface area contributed by atoms with E-state index in [4.69, 9.17) is 0 Å². The number of benzene rings is 1. The van der Waals surface area contributed by atoms with Gasteiger partial charge in [-0.25, -0.2) is 0 Å². The maximum atomic E-state index is 4.36. The lowest BCUT2D eigenvalue weighted by molar-refractivity contribution is 0.345. The Morgan fingerprint density at radius 3 is 2.65 bits per heavy atom. The quantitative estimate of drug-likeness (QED) is 0.547. The van der Waals surface area contributed by atoms with Crippen molar-refractivity contribution in [2.24, 2.45) is 4.99 Å². The van der Waals surface area contributed by atoms with Gasteiger partial charge >= 0.3 is 0 Å². The topological polar surface area (TPSA) is 39.7 Å². The van der Waals surface area contributed by atoms with Gasteiger partial charge in [0.25, 0.3) is 0 Å². The third-order valence-corrected chi connectivity index (χ3v) is 5.38. The molecule has 2 rings (SSSR count). The molecular weight excluding hydrogens is 340 g/mol. The molecule has 0 saturated heterocycles. The Morgan fingerprint density at radius 2 is 2.00 bits per heavy atom. The van der Waals surface area contributed by atoms with Crippen LogP contribution in [-0.2, 0) is 19.5 Å². The summed E-state index contributed by atoms with van der Waals surface area (Å²) in [5.41, 5.74) is 2.62. The van der Waals surface area contributed by atoms with Crippen molar-refractivity contribution in [3.63, 3.8) is 0 Å². The lowest BCUT2D eigenvalue weighted by atomic mass is 10.1. The zero-order valence-electron chi connectivity index (χ0n) is 16.7. The highest BCUT2D eigenvalue weighted by molar-refractivity contribution is 7.11. The van der Waals surface area contributed by atoms with Crippen LogP contribution in [0, 0.1) is 6.92 Å². The Kier molecular flexibility index (Phi) is 8.13. The molecule has 0 bridgehead atoms. The standard InChI is InChI=1S/C21H32N4S/c1-6-25(5)15-19-9-7-8-18(13-19)14-23-21(22-4)24-16(2)12-20-11-10-17(3)26-20/h7-11,13,16H,6,12,14-15H2,1-5H3,(H2,22,23,24). The summed E-state index contributed by atoms with van der Waals surface area (Å²) < 4.78 is 0. The monoisotopic (exact) mass is 372 g/mol. The molecule has 1 unspecified atom stereocenters. The van der Waals surface area contributed by atoms with E-state index >= 15 is 0 Å². The number of guanidine groups is 1. The van der Waals surface area contributed by atoms with Gasteiger partial charge in [0.1, 0.15) is 0 Å². The zero-order chi connectivity index (χ0) is 18.9. The van der Waals surface area contributed by atoms with Crippen LogP contribution in [0.4, 0.5) is 0 Å². The van der Waals surface area contributed by atoms with Crippen LogP contribution in [0.3, 0.4) is 0 Å². The Balaban J connectivity index is 1.85. The second-order valence-electron chi connectivity index (χ2n) is 6.84. The largest absolute Gasteiger partial charge is 0.354 e. The van der Waals surface area contributed by atoms with Crippen molar-refractivity contribution >= 4 is 17.3 Å². The number of nitrogens with one attached hydrogen (secondary N) is 2. The highest BCUT2D eigenvalue weighted by atomic mass is 32.1. The molecule has 1 aromatic heterocycles.